The minimum atomic E-state index is -1.05. The lowest BCUT2D eigenvalue weighted by Crippen LogP contribution is -2.31. The third-order valence-electron chi connectivity index (χ3n) is 1.37. The Kier molecular flexibility index (Phi) is 1.91. The zero-order valence-electron chi connectivity index (χ0n) is 5.32. The van der Waals surface area contributed by atoms with E-state index in [1.165, 1.54) is 0 Å². The van der Waals surface area contributed by atoms with Crippen LogP contribution in [0.3, 0.4) is 0 Å². The van der Waals surface area contributed by atoms with Gasteiger partial charge in [-0.1, -0.05) is 12.2 Å². The topological polar surface area (TPSA) is 69.6 Å². The number of hydrogen-bond acceptors (Lipinski definition) is 2. The van der Waals surface area contributed by atoms with Crippen molar-refractivity contribution in [1.82, 2.24) is 5.32 Å². The molecular weight excluding hydrogens is 134 g/mol. The van der Waals surface area contributed by atoms with Gasteiger partial charge in [-0.05, 0) is 0 Å². The van der Waals surface area contributed by atoms with Crippen LogP contribution in [-0.2, 0) is 0 Å². The molecule has 0 radical (unpaired) electrons. The van der Waals surface area contributed by atoms with Crippen LogP contribution in [0, 0.1) is 0 Å². The van der Waals surface area contributed by atoms with Crippen molar-refractivity contribution in [3.63, 3.8) is 0 Å². The van der Waals surface area contributed by atoms with Crippen molar-refractivity contribution in [3.8, 4) is 0 Å². The van der Waals surface area contributed by atoms with E-state index in [-0.39, 0.29) is 6.04 Å². The van der Waals surface area contributed by atoms with Crippen LogP contribution in [0.4, 0.5) is 4.79 Å². The second-order valence-electron chi connectivity index (χ2n) is 2.24. The van der Waals surface area contributed by atoms with Crippen LogP contribution in [0.5, 0.6) is 0 Å². The molecule has 1 aliphatic rings. The van der Waals surface area contributed by atoms with Gasteiger partial charge >= 0.3 is 6.09 Å². The van der Waals surface area contributed by atoms with E-state index in [9.17, 15) is 4.79 Å². The number of carboxylic acid groups (broad SMARTS) is 1. The molecule has 0 bridgehead atoms. The number of aliphatic hydroxyl groups is 1. The molecule has 4 heteroatoms. The van der Waals surface area contributed by atoms with Crippen molar-refractivity contribution >= 4 is 6.09 Å². The highest BCUT2D eigenvalue weighted by molar-refractivity contribution is 5.65. The largest absolute Gasteiger partial charge is 0.465 e. The Balaban J connectivity index is 2.33. The molecule has 56 valence electrons. The minimum absolute atomic E-state index is 0.215. The average Bonchev–Trinajstić information content (AvgIpc) is 2.13. The van der Waals surface area contributed by atoms with Crippen molar-refractivity contribution in [1.29, 1.82) is 0 Å². The molecule has 1 unspecified atom stereocenters. The first-order chi connectivity index (χ1) is 4.68. The Morgan fingerprint density at radius 1 is 1.60 bits per heavy atom. The Labute approximate surface area is 58.2 Å². The third-order valence-corrected chi connectivity index (χ3v) is 1.37. The van der Waals surface area contributed by atoms with Gasteiger partial charge in [0.05, 0.1) is 12.1 Å². The SMILES string of the molecule is O=C(O)NC1C=C[C@H](O)C1. The summed E-state index contributed by atoms with van der Waals surface area (Å²) >= 11 is 0. The molecule has 1 rings (SSSR count). The fraction of sp³-hybridized carbons (Fsp3) is 0.500. The fourth-order valence-electron chi connectivity index (χ4n) is 0.945. The number of aliphatic hydroxyl groups excluding tert-OH is 1. The number of rotatable bonds is 1. The second-order valence-corrected chi connectivity index (χ2v) is 2.24. The lowest BCUT2D eigenvalue weighted by atomic mass is 10.2. The van der Waals surface area contributed by atoms with Crippen molar-refractivity contribution in [2.75, 3.05) is 0 Å². The number of amides is 1. The van der Waals surface area contributed by atoms with E-state index in [2.05, 4.69) is 5.32 Å². The molecule has 0 saturated heterocycles. The molecule has 1 amide bonds. The summed E-state index contributed by atoms with van der Waals surface area (Å²) in [4.78, 5) is 10.0. The summed E-state index contributed by atoms with van der Waals surface area (Å²) in [6.07, 6.45) is 2.15. The van der Waals surface area contributed by atoms with Crippen LogP contribution in [0.1, 0.15) is 6.42 Å². The molecule has 1 aliphatic carbocycles. The van der Waals surface area contributed by atoms with E-state index in [0.717, 1.165) is 0 Å². The van der Waals surface area contributed by atoms with E-state index in [4.69, 9.17) is 10.2 Å². The normalized spacial score (nSPS) is 30.5. The van der Waals surface area contributed by atoms with Gasteiger partial charge in [0.25, 0.3) is 0 Å². The van der Waals surface area contributed by atoms with Gasteiger partial charge in [-0.15, -0.1) is 0 Å². The highest BCUT2D eigenvalue weighted by atomic mass is 16.4. The maximum atomic E-state index is 10.0. The molecule has 2 atom stereocenters. The minimum Gasteiger partial charge on any atom is -0.465 e. The van der Waals surface area contributed by atoms with Crippen molar-refractivity contribution in [3.05, 3.63) is 12.2 Å². The van der Waals surface area contributed by atoms with Crippen LogP contribution in [-0.4, -0.2) is 28.5 Å². The Morgan fingerprint density at radius 3 is 2.70 bits per heavy atom. The summed E-state index contributed by atoms with van der Waals surface area (Å²) in [5.74, 6) is 0. The van der Waals surface area contributed by atoms with Crippen LogP contribution in [0.25, 0.3) is 0 Å². The molecule has 4 nitrogen and oxygen atoms in total. The van der Waals surface area contributed by atoms with Gasteiger partial charge in [0, 0.05) is 6.42 Å². The Bertz CT molecular complexity index is 166. The van der Waals surface area contributed by atoms with Gasteiger partial charge in [0.1, 0.15) is 0 Å². The molecule has 0 aromatic heterocycles. The molecular formula is C6H9NO3. The molecule has 0 aromatic rings. The number of carbonyl (C=O) groups is 1. The zero-order valence-corrected chi connectivity index (χ0v) is 5.32. The van der Waals surface area contributed by atoms with Gasteiger partial charge in [-0.25, -0.2) is 4.79 Å². The smallest absolute Gasteiger partial charge is 0.405 e. The standard InChI is InChI=1S/C6H9NO3/c8-5-2-1-4(3-5)7-6(9)10/h1-2,4-5,7-8H,3H2,(H,9,10)/t4?,5-/m0/s1. The molecule has 0 fully saturated rings. The van der Waals surface area contributed by atoms with Crippen molar-refractivity contribution < 1.29 is 15.0 Å². The third kappa shape index (κ3) is 1.73. The van der Waals surface area contributed by atoms with Gasteiger partial charge in [0.15, 0.2) is 0 Å². The predicted octanol–water partition coefficient (Wildman–Crippen LogP) is -0.0566. The molecule has 0 spiro atoms. The van der Waals surface area contributed by atoms with Gasteiger partial charge < -0.3 is 15.5 Å². The highest BCUT2D eigenvalue weighted by Crippen LogP contribution is 2.09. The lowest BCUT2D eigenvalue weighted by Gasteiger charge is -2.06. The van der Waals surface area contributed by atoms with Gasteiger partial charge in [-0.2, -0.15) is 0 Å². The molecule has 10 heavy (non-hydrogen) atoms. The van der Waals surface area contributed by atoms with Crippen molar-refractivity contribution in [2.24, 2.45) is 0 Å². The first-order valence-corrected chi connectivity index (χ1v) is 3.04. The van der Waals surface area contributed by atoms with E-state index in [1.54, 1.807) is 12.2 Å². The van der Waals surface area contributed by atoms with E-state index in [1.807, 2.05) is 0 Å². The monoisotopic (exact) mass is 143 g/mol. The average molecular weight is 143 g/mol. The van der Waals surface area contributed by atoms with Crippen LogP contribution in [0.15, 0.2) is 12.2 Å². The first kappa shape index (κ1) is 7.08. The predicted molar refractivity (Wildman–Crippen MR) is 34.7 cm³/mol. The first-order valence-electron chi connectivity index (χ1n) is 3.04. The van der Waals surface area contributed by atoms with Crippen LogP contribution >= 0.6 is 0 Å². The zero-order chi connectivity index (χ0) is 7.56. The van der Waals surface area contributed by atoms with Crippen LogP contribution < -0.4 is 5.32 Å². The molecule has 0 aromatic carbocycles. The number of hydrogen-bond donors (Lipinski definition) is 3. The summed E-state index contributed by atoms with van der Waals surface area (Å²) in [6, 6.07) is -0.215. The van der Waals surface area contributed by atoms with Gasteiger partial charge in [0.2, 0.25) is 0 Å². The van der Waals surface area contributed by atoms with E-state index < -0.39 is 12.2 Å². The highest BCUT2D eigenvalue weighted by Gasteiger charge is 2.17. The lowest BCUT2D eigenvalue weighted by molar-refractivity contribution is 0.184. The van der Waals surface area contributed by atoms with E-state index in [0.29, 0.717) is 6.42 Å². The van der Waals surface area contributed by atoms with Crippen LogP contribution in [0.2, 0.25) is 0 Å². The summed E-state index contributed by atoms with van der Waals surface area (Å²) in [7, 11) is 0. The maximum absolute atomic E-state index is 10.0. The fourth-order valence-corrected chi connectivity index (χ4v) is 0.945. The quantitative estimate of drug-likeness (QED) is 0.450. The molecule has 0 heterocycles. The maximum Gasteiger partial charge on any atom is 0.405 e. The molecule has 0 aliphatic heterocycles. The molecule has 3 N–H and O–H groups in total. The Morgan fingerprint density at radius 2 is 2.30 bits per heavy atom. The van der Waals surface area contributed by atoms with Gasteiger partial charge in [-0.3, -0.25) is 0 Å². The summed E-state index contributed by atoms with van der Waals surface area (Å²) < 4.78 is 0. The molecule has 0 saturated carbocycles. The summed E-state index contributed by atoms with van der Waals surface area (Å²) in [6.45, 7) is 0. The Hall–Kier alpha value is -1.03. The van der Waals surface area contributed by atoms with E-state index >= 15 is 0 Å². The summed E-state index contributed by atoms with van der Waals surface area (Å²) in [5, 5.41) is 19.4. The second kappa shape index (κ2) is 2.70. The number of nitrogens with one attached hydrogen (secondary N) is 1. The summed E-state index contributed by atoms with van der Waals surface area (Å²) in [5.41, 5.74) is 0. The van der Waals surface area contributed by atoms with Crippen molar-refractivity contribution in [2.45, 2.75) is 18.6 Å².